The Morgan fingerprint density at radius 3 is 2.19 bits per heavy atom. The lowest BCUT2D eigenvalue weighted by Gasteiger charge is -2.03. The van der Waals surface area contributed by atoms with Crippen molar-refractivity contribution in [2.75, 3.05) is 5.75 Å². The third kappa shape index (κ3) is 4.24. The van der Waals surface area contributed by atoms with E-state index in [2.05, 4.69) is 0 Å². The highest BCUT2D eigenvalue weighted by molar-refractivity contribution is 7.85. The number of hydrogen-bond acceptors (Lipinski definition) is 2. The summed E-state index contributed by atoms with van der Waals surface area (Å²) < 4.78 is 55.4. The van der Waals surface area contributed by atoms with Crippen molar-refractivity contribution < 1.29 is 21.8 Å². The Morgan fingerprint density at radius 2 is 1.69 bits per heavy atom. The lowest BCUT2D eigenvalue weighted by molar-refractivity contribution is 0.479. The van der Waals surface area contributed by atoms with Crippen LogP contribution in [0, 0.1) is 11.6 Å². The van der Waals surface area contributed by atoms with Crippen LogP contribution in [0.4, 0.5) is 8.78 Å². The van der Waals surface area contributed by atoms with Gasteiger partial charge < -0.3 is 0 Å². The van der Waals surface area contributed by atoms with Gasteiger partial charge in [-0.25, -0.2) is 8.78 Å². The van der Waals surface area contributed by atoms with E-state index in [0.29, 0.717) is 6.42 Å². The molecule has 0 fully saturated rings. The molecule has 0 heterocycles. The van der Waals surface area contributed by atoms with Crippen LogP contribution in [-0.2, 0) is 16.5 Å². The van der Waals surface area contributed by atoms with Crippen LogP contribution in [0.2, 0.25) is 0 Å². The molecular weight excluding hydrogens is 238 g/mol. The molecule has 16 heavy (non-hydrogen) atoms. The van der Waals surface area contributed by atoms with E-state index in [4.69, 9.17) is 4.55 Å². The van der Waals surface area contributed by atoms with Gasteiger partial charge in [-0.05, 0) is 31.4 Å². The standard InChI is InChI=1S/C10H12F2O3S/c11-9-5-3-6-10(12)8(9)4-1-2-7-16(13,14)15/h3,5-6H,1-2,4,7H2,(H,13,14,15). The second-order valence-corrected chi connectivity index (χ2v) is 5.02. The van der Waals surface area contributed by atoms with Crippen molar-refractivity contribution in [1.82, 2.24) is 0 Å². The van der Waals surface area contributed by atoms with Crippen LogP contribution >= 0.6 is 0 Å². The average Bonchev–Trinajstić information content (AvgIpc) is 2.14. The highest BCUT2D eigenvalue weighted by Gasteiger charge is 2.09. The summed E-state index contributed by atoms with van der Waals surface area (Å²) in [5.74, 6) is -1.65. The molecule has 0 aromatic heterocycles. The summed E-state index contributed by atoms with van der Waals surface area (Å²) in [6.07, 6.45) is 0.596. The summed E-state index contributed by atoms with van der Waals surface area (Å²) in [5.41, 5.74) is -0.0437. The van der Waals surface area contributed by atoms with Crippen LogP contribution in [0.15, 0.2) is 18.2 Å². The maximum absolute atomic E-state index is 13.1. The van der Waals surface area contributed by atoms with Gasteiger partial charge in [0.1, 0.15) is 11.6 Å². The molecule has 0 spiro atoms. The van der Waals surface area contributed by atoms with Crippen molar-refractivity contribution >= 4 is 10.1 Å². The van der Waals surface area contributed by atoms with Crippen LogP contribution in [0.25, 0.3) is 0 Å². The summed E-state index contributed by atoms with van der Waals surface area (Å²) in [6.45, 7) is 0. The number of halogens is 2. The summed E-state index contributed by atoms with van der Waals surface area (Å²) in [7, 11) is -3.99. The van der Waals surface area contributed by atoms with Gasteiger partial charge in [-0.1, -0.05) is 6.07 Å². The van der Waals surface area contributed by atoms with Crippen molar-refractivity contribution in [1.29, 1.82) is 0 Å². The number of benzene rings is 1. The number of rotatable bonds is 5. The molecule has 0 amide bonds. The lowest BCUT2D eigenvalue weighted by Crippen LogP contribution is -2.04. The molecule has 1 aromatic rings. The molecule has 1 rings (SSSR count). The highest BCUT2D eigenvalue weighted by Crippen LogP contribution is 2.14. The Bertz CT molecular complexity index is 437. The molecule has 0 radical (unpaired) electrons. The summed E-state index contributed by atoms with van der Waals surface area (Å²) >= 11 is 0. The minimum absolute atomic E-state index is 0.0437. The Kier molecular flexibility index (Phi) is 4.37. The number of unbranched alkanes of at least 4 members (excludes halogenated alkanes) is 1. The average molecular weight is 250 g/mol. The van der Waals surface area contributed by atoms with Crippen molar-refractivity contribution in [2.24, 2.45) is 0 Å². The fraction of sp³-hybridized carbons (Fsp3) is 0.400. The van der Waals surface area contributed by atoms with Gasteiger partial charge in [0.15, 0.2) is 0 Å². The van der Waals surface area contributed by atoms with Gasteiger partial charge >= 0.3 is 0 Å². The molecule has 0 unspecified atom stereocenters. The van der Waals surface area contributed by atoms with E-state index in [1.807, 2.05) is 0 Å². The molecule has 0 aliphatic rings. The topological polar surface area (TPSA) is 54.4 Å². The van der Waals surface area contributed by atoms with E-state index in [9.17, 15) is 17.2 Å². The zero-order valence-corrected chi connectivity index (χ0v) is 9.30. The Balaban J connectivity index is 2.49. The minimum Gasteiger partial charge on any atom is -0.286 e. The van der Waals surface area contributed by atoms with E-state index in [-0.39, 0.29) is 24.2 Å². The van der Waals surface area contributed by atoms with Crippen LogP contribution in [0.3, 0.4) is 0 Å². The van der Waals surface area contributed by atoms with Crippen molar-refractivity contribution in [2.45, 2.75) is 19.3 Å². The normalized spacial score (nSPS) is 11.7. The molecule has 0 bridgehead atoms. The maximum atomic E-state index is 13.1. The molecule has 0 atom stereocenters. The first-order valence-corrected chi connectivity index (χ1v) is 6.39. The van der Waals surface area contributed by atoms with E-state index in [1.54, 1.807) is 0 Å². The van der Waals surface area contributed by atoms with Gasteiger partial charge in [-0.3, -0.25) is 4.55 Å². The van der Waals surface area contributed by atoms with Crippen molar-refractivity contribution in [3.05, 3.63) is 35.4 Å². The van der Waals surface area contributed by atoms with Crippen LogP contribution in [-0.4, -0.2) is 18.7 Å². The fourth-order valence-corrected chi connectivity index (χ4v) is 1.93. The predicted molar refractivity (Wildman–Crippen MR) is 55.7 cm³/mol. The third-order valence-electron chi connectivity index (χ3n) is 2.14. The lowest BCUT2D eigenvalue weighted by atomic mass is 10.1. The molecule has 6 heteroatoms. The van der Waals surface area contributed by atoms with E-state index in [0.717, 1.165) is 12.1 Å². The molecule has 0 aliphatic heterocycles. The first-order chi connectivity index (χ1) is 7.40. The SMILES string of the molecule is O=S(=O)(O)CCCCc1c(F)cccc1F. The second kappa shape index (κ2) is 5.36. The molecule has 3 nitrogen and oxygen atoms in total. The minimum atomic E-state index is -3.99. The highest BCUT2D eigenvalue weighted by atomic mass is 32.2. The van der Waals surface area contributed by atoms with Gasteiger partial charge in [0, 0.05) is 5.56 Å². The van der Waals surface area contributed by atoms with Gasteiger partial charge in [0.2, 0.25) is 0 Å². The zero-order chi connectivity index (χ0) is 12.2. The molecular formula is C10H12F2O3S. The van der Waals surface area contributed by atoms with Crippen LogP contribution in [0.1, 0.15) is 18.4 Å². The third-order valence-corrected chi connectivity index (χ3v) is 2.95. The van der Waals surface area contributed by atoms with E-state index in [1.165, 1.54) is 6.07 Å². The first kappa shape index (κ1) is 13.1. The van der Waals surface area contributed by atoms with Gasteiger partial charge in [-0.2, -0.15) is 8.42 Å². The molecule has 90 valence electrons. The van der Waals surface area contributed by atoms with Gasteiger partial charge in [0.25, 0.3) is 10.1 Å². The van der Waals surface area contributed by atoms with Crippen molar-refractivity contribution in [3.63, 3.8) is 0 Å². The maximum Gasteiger partial charge on any atom is 0.264 e. The second-order valence-electron chi connectivity index (χ2n) is 3.44. The van der Waals surface area contributed by atoms with Crippen LogP contribution < -0.4 is 0 Å². The largest absolute Gasteiger partial charge is 0.286 e. The van der Waals surface area contributed by atoms with Gasteiger partial charge in [-0.15, -0.1) is 0 Å². The van der Waals surface area contributed by atoms with Gasteiger partial charge in [0.05, 0.1) is 5.75 Å². The number of hydrogen-bond donors (Lipinski definition) is 1. The van der Waals surface area contributed by atoms with E-state index < -0.39 is 21.8 Å². The zero-order valence-electron chi connectivity index (χ0n) is 8.49. The smallest absolute Gasteiger partial charge is 0.264 e. The van der Waals surface area contributed by atoms with Crippen molar-refractivity contribution in [3.8, 4) is 0 Å². The Morgan fingerprint density at radius 1 is 1.12 bits per heavy atom. The van der Waals surface area contributed by atoms with E-state index >= 15 is 0 Å². The monoisotopic (exact) mass is 250 g/mol. The molecule has 0 aliphatic carbocycles. The summed E-state index contributed by atoms with van der Waals surface area (Å²) in [5, 5.41) is 0. The molecule has 1 N–H and O–H groups in total. The van der Waals surface area contributed by atoms with Crippen LogP contribution in [0.5, 0.6) is 0 Å². The Labute approximate surface area is 92.9 Å². The Hall–Kier alpha value is -1.01. The molecule has 0 saturated heterocycles. The molecule has 1 aromatic carbocycles. The molecule has 0 saturated carbocycles. The summed E-state index contributed by atoms with van der Waals surface area (Å²) in [6, 6.07) is 3.58. The summed E-state index contributed by atoms with van der Waals surface area (Å²) in [4.78, 5) is 0. The predicted octanol–water partition coefficient (Wildman–Crippen LogP) is 2.18. The fourth-order valence-electron chi connectivity index (χ4n) is 1.36. The first-order valence-electron chi connectivity index (χ1n) is 4.78. The quantitative estimate of drug-likeness (QED) is 0.643.